The first-order valence-corrected chi connectivity index (χ1v) is 12.1. The molecule has 0 aliphatic heterocycles. The summed E-state index contributed by atoms with van der Waals surface area (Å²) in [4.78, 5) is 29.1. The van der Waals surface area contributed by atoms with Crippen LogP contribution in [-0.4, -0.2) is 37.7 Å². The van der Waals surface area contributed by atoms with E-state index in [0.717, 1.165) is 36.8 Å². The molecule has 2 aromatic heterocycles. The number of rotatable bonds is 8. The Bertz CT molecular complexity index is 1260. The summed E-state index contributed by atoms with van der Waals surface area (Å²) in [5, 5.41) is 11.6. The second-order valence-electron chi connectivity index (χ2n) is 8.99. The third-order valence-electron chi connectivity index (χ3n) is 6.56. The average molecular weight is 472 g/mol. The molecule has 8 heteroatoms. The normalized spacial score (nSPS) is 15.1. The topological polar surface area (TPSA) is 93.3 Å². The highest BCUT2D eigenvalue weighted by Crippen LogP contribution is 2.26. The Kier molecular flexibility index (Phi) is 6.88. The van der Waals surface area contributed by atoms with Gasteiger partial charge in [-0.3, -0.25) is 9.59 Å². The highest BCUT2D eigenvalue weighted by Gasteiger charge is 2.33. The van der Waals surface area contributed by atoms with E-state index in [1.54, 1.807) is 21.9 Å². The molecule has 1 saturated carbocycles. The van der Waals surface area contributed by atoms with Crippen molar-refractivity contribution >= 4 is 22.8 Å². The highest BCUT2D eigenvalue weighted by atomic mass is 16.3. The monoisotopic (exact) mass is 471 g/mol. The van der Waals surface area contributed by atoms with E-state index in [-0.39, 0.29) is 30.9 Å². The lowest BCUT2D eigenvalue weighted by molar-refractivity contribution is -0.142. The predicted octanol–water partition coefficient (Wildman–Crippen LogP) is 4.24. The molecule has 4 aromatic rings. The lowest BCUT2D eigenvalue weighted by Crippen LogP contribution is -2.47. The molecule has 1 atom stereocenters. The maximum atomic E-state index is 13.8. The smallest absolute Gasteiger partial charge is 0.247 e. The van der Waals surface area contributed by atoms with Gasteiger partial charge in [0.2, 0.25) is 11.8 Å². The maximum absolute atomic E-state index is 13.8. The van der Waals surface area contributed by atoms with Crippen molar-refractivity contribution < 1.29 is 14.0 Å². The number of amides is 2. The molecule has 1 aliphatic rings. The van der Waals surface area contributed by atoms with Crippen LogP contribution in [-0.2, 0) is 22.7 Å². The summed E-state index contributed by atoms with van der Waals surface area (Å²) in [6.07, 6.45) is 6.91. The lowest BCUT2D eigenvalue weighted by Gasteiger charge is -2.33. The van der Waals surface area contributed by atoms with E-state index < -0.39 is 6.04 Å². The minimum Gasteiger partial charge on any atom is -0.467 e. The molecule has 0 unspecified atom stereocenters. The fraction of sp³-hybridized carbons (Fsp3) is 0.333. The Morgan fingerprint density at radius 2 is 1.77 bits per heavy atom. The van der Waals surface area contributed by atoms with Crippen molar-refractivity contribution in [2.24, 2.45) is 0 Å². The molecule has 2 heterocycles. The van der Waals surface area contributed by atoms with Crippen LogP contribution in [0.2, 0.25) is 0 Å². The third-order valence-corrected chi connectivity index (χ3v) is 6.56. The van der Waals surface area contributed by atoms with Crippen LogP contribution in [0.25, 0.3) is 11.0 Å². The molecule has 0 saturated heterocycles. The Balaban J connectivity index is 1.48. The summed E-state index contributed by atoms with van der Waals surface area (Å²) in [7, 11) is 0. The molecule has 5 rings (SSSR count). The second-order valence-corrected chi connectivity index (χ2v) is 8.99. The molecule has 35 heavy (non-hydrogen) atoms. The van der Waals surface area contributed by atoms with E-state index in [0.29, 0.717) is 11.3 Å². The molecule has 1 fully saturated rings. The summed E-state index contributed by atoms with van der Waals surface area (Å²) in [6, 6.07) is 19.9. The van der Waals surface area contributed by atoms with Gasteiger partial charge < -0.3 is 14.6 Å². The van der Waals surface area contributed by atoms with Gasteiger partial charge in [0.05, 0.1) is 18.3 Å². The van der Waals surface area contributed by atoms with E-state index in [2.05, 4.69) is 15.6 Å². The molecule has 2 aromatic carbocycles. The fourth-order valence-electron chi connectivity index (χ4n) is 4.78. The zero-order chi connectivity index (χ0) is 24.0. The number of hydrogen-bond acceptors (Lipinski definition) is 5. The van der Waals surface area contributed by atoms with Crippen LogP contribution in [0.3, 0.4) is 0 Å². The van der Waals surface area contributed by atoms with Crippen molar-refractivity contribution in [1.82, 2.24) is 25.2 Å². The first-order chi connectivity index (χ1) is 17.2. The van der Waals surface area contributed by atoms with Crippen LogP contribution in [0.1, 0.15) is 49.5 Å². The van der Waals surface area contributed by atoms with Gasteiger partial charge in [0, 0.05) is 6.04 Å². The standard InChI is InChI=1S/C27H29N5O3/c33-25(19-32-24-16-8-7-15-23(24)29-30-32)31(18-22-14-9-17-35-22)26(20-10-3-1-4-11-20)27(34)28-21-12-5-2-6-13-21/h1,3-4,7-11,14-17,21,26H,2,5-6,12-13,18-19H2,(H,28,34)/t26-/m0/s1. The molecule has 180 valence electrons. The summed E-state index contributed by atoms with van der Waals surface area (Å²) >= 11 is 0. The highest BCUT2D eigenvalue weighted by molar-refractivity contribution is 5.89. The van der Waals surface area contributed by atoms with Crippen LogP contribution in [0.5, 0.6) is 0 Å². The minimum atomic E-state index is -0.800. The Morgan fingerprint density at radius 3 is 2.54 bits per heavy atom. The van der Waals surface area contributed by atoms with Crippen LogP contribution >= 0.6 is 0 Å². The quantitative estimate of drug-likeness (QED) is 0.415. The van der Waals surface area contributed by atoms with Crippen molar-refractivity contribution in [3.63, 3.8) is 0 Å². The molecular weight excluding hydrogens is 442 g/mol. The van der Waals surface area contributed by atoms with Gasteiger partial charge in [-0.25, -0.2) is 4.68 Å². The summed E-state index contributed by atoms with van der Waals surface area (Å²) < 4.78 is 7.15. The van der Waals surface area contributed by atoms with E-state index in [4.69, 9.17) is 4.42 Å². The zero-order valence-electron chi connectivity index (χ0n) is 19.5. The number of hydrogen-bond donors (Lipinski definition) is 1. The third kappa shape index (κ3) is 5.26. The summed E-state index contributed by atoms with van der Waals surface area (Å²) in [5.41, 5.74) is 2.23. The van der Waals surface area contributed by atoms with Gasteiger partial charge in [-0.05, 0) is 42.7 Å². The van der Waals surface area contributed by atoms with Gasteiger partial charge in [0.15, 0.2) is 0 Å². The molecule has 8 nitrogen and oxygen atoms in total. The zero-order valence-corrected chi connectivity index (χ0v) is 19.5. The lowest BCUT2D eigenvalue weighted by atomic mass is 9.94. The van der Waals surface area contributed by atoms with Gasteiger partial charge in [0.1, 0.15) is 23.9 Å². The van der Waals surface area contributed by atoms with Crippen LogP contribution < -0.4 is 5.32 Å². The van der Waals surface area contributed by atoms with E-state index in [1.807, 2.05) is 60.7 Å². The SMILES string of the molecule is O=C(NC1CCCCC1)[C@H](c1ccccc1)N(Cc1ccco1)C(=O)Cn1nnc2ccccc21. The van der Waals surface area contributed by atoms with Crippen molar-refractivity contribution in [3.05, 3.63) is 84.3 Å². The Labute approximate surface area is 203 Å². The second kappa shape index (κ2) is 10.5. The van der Waals surface area contributed by atoms with E-state index >= 15 is 0 Å². The van der Waals surface area contributed by atoms with Gasteiger partial charge in [-0.2, -0.15) is 0 Å². The van der Waals surface area contributed by atoms with Crippen molar-refractivity contribution in [2.75, 3.05) is 0 Å². The van der Waals surface area contributed by atoms with Crippen LogP contribution in [0.4, 0.5) is 0 Å². The number of nitrogens with zero attached hydrogens (tertiary/aromatic N) is 4. The van der Waals surface area contributed by atoms with Crippen molar-refractivity contribution in [1.29, 1.82) is 0 Å². The van der Waals surface area contributed by atoms with Crippen molar-refractivity contribution in [2.45, 2.75) is 57.3 Å². The largest absolute Gasteiger partial charge is 0.467 e. The fourth-order valence-corrected chi connectivity index (χ4v) is 4.78. The molecule has 0 spiro atoms. The predicted molar refractivity (Wildman–Crippen MR) is 131 cm³/mol. The number of aromatic nitrogens is 3. The van der Waals surface area contributed by atoms with Gasteiger partial charge in [-0.15, -0.1) is 5.10 Å². The van der Waals surface area contributed by atoms with Crippen LogP contribution in [0.15, 0.2) is 77.4 Å². The molecule has 0 bridgehead atoms. The Morgan fingerprint density at radius 1 is 1.00 bits per heavy atom. The molecule has 1 aliphatic carbocycles. The number of benzene rings is 2. The average Bonchev–Trinajstić information content (AvgIpc) is 3.55. The number of nitrogens with one attached hydrogen (secondary N) is 1. The van der Waals surface area contributed by atoms with E-state index in [9.17, 15) is 9.59 Å². The Hall–Kier alpha value is -3.94. The first-order valence-electron chi connectivity index (χ1n) is 12.1. The first kappa shape index (κ1) is 22.8. The molecule has 2 amide bonds. The molecule has 1 N–H and O–H groups in total. The van der Waals surface area contributed by atoms with Gasteiger partial charge in [0.25, 0.3) is 0 Å². The van der Waals surface area contributed by atoms with Gasteiger partial charge >= 0.3 is 0 Å². The maximum Gasteiger partial charge on any atom is 0.247 e. The van der Waals surface area contributed by atoms with E-state index in [1.165, 1.54) is 6.42 Å². The number of carbonyl (C=O) groups is 2. The number of carbonyl (C=O) groups excluding carboxylic acids is 2. The van der Waals surface area contributed by atoms with Crippen molar-refractivity contribution in [3.8, 4) is 0 Å². The molecular formula is C27H29N5O3. The number of fused-ring (bicyclic) bond motifs is 1. The number of para-hydroxylation sites is 1. The number of furan rings is 1. The minimum absolute atomic E-state index is 0.0404. The van der Waals surface area contributed by atoms with Crippen LogP contribution in [0, 0.1) is 0 Å². The molecule has 0 radical (unpaired) electrons. The van der Waals surface area contributed by atoms with Gasteiger partial charge in [-0.1, -0.05) is 66.9 Å². The summed E-state index contributed by atoms with van der Waals surface area (Å²) in [5.74, 6) is 0.185. The summed E-state index contributed by atoms with van der Waals surface area (Å²) in [6.45, 7) is 0.122.